The van der Waals surface area contributed by atoms with E-state index in [4.69, 9.17) is 0 Å². The van der Waals surface area contributed by atoms with Crippen molar-refractivity contribution in [1.29, 1.82) is 0 Å². The zero-order chi connectivity index (χ0) is 11.8. The zero-order valence-electron chi connectivity index (χ0n) is 10.3. The summed E-state index contributed by atoms with van der Waals surface area (Å²) in [5, 5.41) is 3.87. The number of halogens is 1. The van der Waals surface area contributed by atoms with Gasteiger partial charge in [0.2, 0.25) is 0 Å². The van der Waals surface area contributed by atoms with E-state index in [9.17, 15) is 0 Å². The summed E-state index contributed by atoms with van der Waals surface area (Å²) < 4.78 is 1.23. The highest BCUT2D eigenvalue weighted by molar-refractivity contribution is 9.10. The maximum Gasteiger partial charge on any atom is 0.0305 e. The Kier molecular flexibility index (Phi) is 3.27. The van der Waals surface area contributed by atoms with Gasteiger partial charge in [0.1, 0.15) is 0 Å². The molecule has 3 rings (SSSR count). The summed E-state index contributed by atoms with van der Waals surface area (Å²) >= 11 is 3.65. The second-order valence-electron chi connectivity index (χ2n) is 5.61. The lowest BCUT2D eigenvalue weighted by molar-refractivity contribution is 0.377. The fraction of sp³-hybridized carbons (Fsp3) is 0.600. The molecule has 2 aliphatic rings. The summed E-state index contributed by atoms with van der Waals surface area (Å²) in [7, 11) is 0. The predicted molar refractivity (Wildman–Crippen MR) is 74.9 cm³/mol. The molecule has 0 spiro atoms. The number of nitrogens with one attached hydrogen (secondary N) is 1. The molecule has 1 aromatic rings. The number of hydrogen-bond acceptors (Lipinski definition) is 1. The molecule has 0 saturated heterocycles. The van der Waals surface area contributed by atoms with Crippen LogP contribution in [0, 0.1) is 11.8 Å². The van der Waals surface area contributed by atoms with Crippen molar-refractivity contribution in [3.05, 3.63) is 34.3 Å². The van der Waals surface area contributed by atoms with E-state index in [1.54, 1.807) is 0 Å². The molecule has 1 aromatic carbocycles. The Hall–Kier alpha value is -0.340. The molecule has 0 unspecified atom stereocenters. The average Bonchev–Trinajstić information content (AvgIpc) is 3.16. The molecule has 2 aliphatic carbocycles. The first-order valence-electron chi connectivity index (χ1n) is 6.76. The van der Waals surface area contributed by atoms with E-state index in [1.807, 2.05) is 0 Å². The van der Waals surface area contributed by atoms with Crippen LogP contribution < -0.4 is 5.32 Å². The molecule has 0 aromatic heterocycles. The third kappa shape index (κ3) is 2.74. The second-order valence-corrected chi connectivity index (χ2v) is 6.46. The van der Waals surface area contributed by atoms with Crippen LogP contribution in [0.1, 0.15) is 44.2 Å². The number of rotatable bonds is 5. The SMILES string of the molecule is C[C@H](NC(C1CC1)C1CC1)c1ccccc1Br. The molecule has 0 radical (unpaired) electrons. The van der Waals surface area contributed by atoms with Crippen molar-refractivity contribution < 1.29 is 0 Å². The van der Waals surface area contributed by atoms with Crippen LogP contribution in [-0.4, -0.2) is 6.04 Å². The summed E-state index contributed by atoms with van der Waals surface area (Å²) in [6, 6.07) is 9.80. The van der Waals surface area contributed by atoms with Crippen molar-refractivity contribution in [3.8, 4) is 0 Å². The highest BCUT2D eigenvalue weighted by atomic mass is 79.9. The van der Waals surface area contributed by atoms with Crippen LogP contribution in [0.5, 0.6) is 0 Å². The van der Waals surface area contributed by atoms with Gasteiger partial charge < -0.3 is 5.32 Å². The molecule has 1 atom stereocenters. The van der Waals surface area contributed by atoms with E-state index in [0.717, 1.165) is 17.9 Å². The van der Waals surface area contributed by atoms with Gasteiger partial charge in [-0.3, -0.25) is 0 Å². The standard InChI is InChI=1S/C15H20BrN/c1-10(13-4-2-3-5-14(13)16)17-15(11-6-7-11)12-8-9-12/h2-5,10-12,15,17H,6-9H2,1H3/t10-/m0/s1. The minimum absolute atomic E-state index is 0.455. The fourth-order valence-corrected chi connectivity index (χ4v) is 3.40. The smallest absolute Gasteiger partial charge is 0.0305 e. The molecule has 0 heterocycles. The van der Waals surface area contributed by atoms with Gasteiger partial charge in [-0.25, -0.2) is 0 Å². The van der Waals surface area contributed by atoms with Crippen LogP contribution >= 0.6 is 15.9 Å². The molecular weight excluding hydrogens is 274 g/mol. The molecular formula is C15H20BrN. The Morgan fingerprint density at radius 2 is 1.71 bits per heavy atom. The normalized spacial score (nSPS) is 21.8. The van der Waals surface area contributed by atoms with E-state index in [0.29, 0.717) is 6.04 Å². The van der Waals surface area contributed by atoms with Gasteiger partial charge in [-0.15, -0.1) is 0 Å². The van der Waals surface area contributed by atoms with E-state index in [1.165, 1.54) is 35.7 Å². The monoisotopic (exact) mass is 293 g/mol. The van der Waals surface area contributed by atoms with Crippen LogP contribution in [0.2, 0.25) is 0 Å². The highest BCUT2D eigenvalue weighted by Crippen LogP contribution is 2.45. The second kappa shape index (κ2) is 4.74. The lowest BCUT2D eigenvalue weighted by Crippen LogP contribution is -2.35. The van der Waals surface area contributed by atoms with E-state index >= 15 is 0 Å². The van der Waals surface area contributed by atoms with Gasteiger partial charge in [0.25, 0.3) is 0 Å². The minimum Gasteiger partial charge on any atom is -0.307 e. The average molecular weight is 294 g/mol. The van der Waals surface area contributed by atoms with Crippen molar-refractivity contribution in [2.24, 2.45) is 11.8 Å². The Morgan fingerprint density at radius 3 is 2.24 bits per heavy atom. The third-order valence-electron chi connectivity index (χ3n) is 4.07. The van der Waals surface area contributed by atoms with Crippen molar-refractivity contribution >= 4 is 15.9 Å². The van der Waals surface area contributed by atoms with Crippen LogP contribution in [0.4, 0.5) is 0 Å². The van der Waals surface area contributed by atoms with Crippen LogP contribution in [0.25, 0.3) is 0 Å². The lowest BCUT2D eigenvalue weighted by Gasteiger charge is -2.24. The van der Waals surface area contributed by atoms with Crippen LogP contribution in [0.15, 0.2) is 28.7 Å². The van der Waals surface area contributed by atoms with Gasteiger partial charge in [0.15, 0.2) is 0 Å². The Balaban J connectivity index is 1.69. The third-order valence-corrected chi connectivity index (χ3v) is 4.80. The largest absolute Gasteiger partial charge is 0.307 e. The lowest BCUT2D eigenvalue weighted by atomic mass is 10.0. The highest BCUT2D eigenvalue weighted by Gasteiger charge is 2.41. The van der Waals surface area contributed by atoms with Crippen LogP contribution in [0.3, 0.4) is 0 Å². The van der Waals surface area contributed by atoms with Gasteiger partial charge in [0.05, 0.1) is 0 Å². The molecule has 92 valence electrons. The van der Waals surface area contributed by atoms with Gasteiger partial charge in [-0.1, -0.05) is 34.1 Å². The Morgan fingerprint density at radius 1 is 1.12 bits per heavy atom. The molecule has 2 fully saturated rings. The number of hydrogen-bond donors (Lipinski definition) is 1. The van der Waals surface area contributed by atoms with Gasteiger partial charge in [-0.2, -0.15) is 0 Å². The maximum atomic E-state index is 3.87. The van der Waals surface area contributed by atoms with E-state index in [2.05, 4.69) is 52.4 Å². The predicted octanol–water partition coefficient (Wildman–Crippen LogP) is 4.29. The summed E-state index contributed by atoms with van der Waals surface area (Å²) in [4.78, 5) is 0. The van der Waals surface area contributed by atoms with E-state index in [-0.39, 0.29) is 0 Å². The molecule has 2 heteroatoms. The molecule has 17 heavy (non-hydrogen) atoms. The Labute approximate surface area is 112 Å². The maximum absolute atomic E-state index is 3.87. The van der Waals surface area contributed by atoms with Crippen molar-refractivity contribution in [2.45, 2.75) is 44.7 Å². The quantitative estimate of drug-likeness (QED) is 0.854. The molecule has 2 saturated carbocycles. The Bertz CT molecular complexity index is 384. The van der Waals surface area contributed by atoms with E-state index < -0.39 is 0 Å². The van der Waals surface area contributed by atoms with Gasteiger partial charge in [-0.05, 0) is 56.1 Å². The topological polar surface area (TPSA) is 12.0 Å². The summed E-state index contributed by atoms with van der Waals surface area (Å²) in [5.41, 5.74) is 1.39. The fourth-order valence-electron chi connectivity index (χ4n) is 2.77. The molecule has 0 aliphatic heterocycles. The molecule has 0 amide bonds. The minimum atomic E-state index is 0.455. The first kappa shape index (κ1) is 11.7. The van der Waals surface area contributed by atoms with Crippen molar-refractivity contribution in [1.82, 2.24) is 5.32 Å². The molecule has 1 nitrogen and oxygen atoms in total. The zero-order valence-corrected chi connectivity index (χ0v) is 11.9. The molecule has 1 N–H and O–H groups in total. The summed E-state index contributed by atoms with van der Waals surface area (Å²) in [6.07, 6.45) is 5.77. The first-order valence-corrected chi connectivity index (χ1v) is 7.55. The van der Waals surface area contributed by atoms with Gasteiger partial charge in [0, 0.05) is 16.6 Å². The van der Waals surface area contributed by atoms with Crippen LogP contribution in [-0.2, 0) is 0 Å². The molecule has 0 bridgehead atoms. The number of benzene rings is 1. The van der Waals surface area contributed by atoms with Crippen molar-refractivity contribution in [3.63, 3.8) is 0 Å². The van der Waals surface area contributed by atoms with Crippen molar-refractivity contribution in [2.75, 3.05) is 0 Å². The summed E-state index contributed by atoms with van der Waals surface area (Å²) in [5.74, 6) is 1.93. The van der Waals surface area contributed by atoms with Gasteiger partial charge >= 0.3 is 0 Å². The first-order chi connectivity index (χ1) is 8.25. The summed E-state index contributed by atoms with van der Waals surface area (Å²) in [6.45, 7) is 2.29.